The second-order valence-corrected chi connectivity index (χ2v) is 5.59. The van der Waals surface area contributed by atoms with E-state index in [1.807, 2.05) is 11.4 Å². The molecule has 0 aromatic carbocycles. The Kier molecular flexibility index (Phi) is 2.90. The normalized spacial score (nSPS) is 26.6. The van der Waals surface area contributed by atoms with Crippen LogP contribution in [0.15, 0.2) is 15.2 Å². The van der Waals surface area contributed by atoms with Crippen LogP contribution in [0.3, 0.4) is 0 Å². The van der Waals surface area contributed by atoms with Crippen molar-refractivity contribution in [3.8, 4) is 0 Å². The molecule has 0 amide bonds. The number of hydrogen-bond donors (Lipinski definition) is 2. The lowest BCUT2D eigenvalue weighted by Crippen LogP contribution is -2.20. The molecule has 1 aromatic heterocycles. The van der Waals surface area contributed by atoms with Gasteiger partial charge in [-0.05, 0) is 32.9 Å². The van der Waals surface area contributed by atoms with E-state index in [4.69, 9.17) is 5.11 Å². The van der Waals surface area contributed by atoms with Gasteiger partial charge in [-0.1, -0.05) is 0 Å². The van der Waals surface area contributed by atoms with Gasteiger partial charge in [0.1, 0.15) is 0 Å². The van der Waals surface area contributed by atoms with E-state index in [0.29, 0.717) is 6.54 Å². The number of nitrogens with one attached hydrogen (secondary N) is 1. The van der Waals surface area contributed by atoms with Gasteiger partial charge in [-0.15, -0.1) is 11.3 Å². The molecular formula is C9H10BrNO2S. The molecule has 2 rings (SSSR count). The van der Waals surface area contributed by atoms with Crippen LogP contribution >= 0.6 is 27.3 Å². The molecule has 1 aliphatic rings. The molecule has 1 fully saturated rings. The number of rotatable bonds is 2. The predicted molar refractivity (Wildman–Crippen MR) is 58.8 cm³/mol. The highest BCUT2D eigenvalue weighted by Gasteiger charge is 2.35. The van der Waals surface area contributed by atoms with Crippen molar-refractivity contribution in [3.63, 3.8) is 0 Å². The van der Waals surface area contributed by atoms with Crippen molar-refractivity contribution < 1.29 is 9.90 Å². The highest BCUT2D eigenvalue weighted by molar-refractivity contribution is 9.11. The maximum Gasteiger partial charge on any atom is 0.308 e. The monoisotopic (exact) mass is 275 g/mol. The first-order valence-electron chi connectivity index (χ1n) is 4.36. The van der Waals surface area contributed by atoms with E-state index in [9.17, 15) is 4.79 Å². The van der Waals surface area contributed by atoms with Gasteiger partial charge in [-0.3, -0.25) is 4.79 Å². The Morgan fingerprint density at radius 3 is 3.00 bits per heavy atom. The van der Waals surface area contributed by atoms with Crippen LogP contribution in [-0.2, 0) is 4.79 Å². The average Bonchev–Trinajstić information content (AvgIpc) is 2.70. The Hall–Kier alpha value is -0.390. The molecule has 0 aliphatic carbocycles. The summed E-state index contributed by atoms with van der Waals surface area (Å²) in [5.41, 5.74) is 1.12. The van der Waals surface area contributed by atoms with Gasteiger partial charge in [0.2, 0.25) is 0 Å². The molecule has 0 bridgehead atoms. The van der Waals surface area contributed by atoms with Crippen LogP contribution in [0.5, 0.6) is 0 Å². The quantitative estimate of drug-likeness (QED) is 0.867. The molecular weight excluding hydrogens is 266 g/mol. The van der Waals surface area contributed by atoms with Gasteiger partial charge < -0.3 is 10.4 Å². The van der Waals surface area contributed by atoms with Gasteiger partial charge >= 0.3 is 5.97 Å². The molecule has 76 valence electrons. The maximum absolute atomic E-state index is 11.0. The molecule has 0 radical (unpaired) electrons. The van der Waals surface area contributed by atoms with E-state index in [0.717, 1.165) is 15.9 Å². The number of aliphatic carboxylic acids is 1. The molecule has 1 saturated heterocycles. The minimum absolute atomic E-state index is 0.105. The Bertz CT molecular complexity index is 352. The number of thiophene rings is 1. The van der Waals surface area contributed by atoms with E-state index >= 15 is 0 Å². The third-order valence-corrected chi connectivity index (χ3v) is 4.31. The summed E-state index contributed by atoms with van der Waals surface area (Å²) in [4.78, 5) is 11.0. The minimum atomic E-state index is -0.710. The summed E-state index contributed by atoms with van der Waals surface area (Å²) in [6.45, 7) is 1.33. The van der Waals surface area contributed by atoms with Crippen LogP contribution in [0, 0.1) is 5.92 Å². The van der Waals surface area contributed by atoms with E-state index in [-0.39, 0.29) is 11.8 Å². The average molecular weight is 276 g/mol. The zero-order chi connectivity index (χ0) is 10.1. The Labute approximate surface area is 94.3 Å². The second-order valence-electron chi connectivity index (χ2n) is 3.36. The maximum atomic E-state index is 11.0. The zero-order valence-electron chi connectivity index (χ0n) is 7.37. The summed E-state index contributed by atoms with van der Waals surface area (Å²) in [6.07, 6.45) is 0. The highest BCUT2D eigenvalue weighted by Crippen LogP contribution is 2.36. The van der Waals surface area contributed by atoms with Crippen LogP contribution in [0.1, 0.15) is 11.5 Å². The van der Waals surface area contributed by atoms with Gasteiger partial charge in [0.25, 0.3) is 0 Å². The number of hydrogen-bond acceptors (Lipinski definition) is 3. The van der Waals surface area contributed by atoms with Crippen LogP contribution in [0.25, 0.3) is 0 Å². The molecule has 1 aliphatic heterocycles. The van der Waals surface area contributed by atoms with Gasteiger partial charge in [0, 0.05) is 19.0 Å². The van der Waals surface area contributed by atoms with Crippen molar-refractivity contribution in [2.24, 2.45) is 5.92 Å². The summed E-state index contributed by atoms with van der Waals surface area (Å²) < 4.78 is 1.05. The van der Waals surface area contributed by atoms with Crippen LogP contribution in [0.4, 0.5) is 0 Å². The molecule has 14 heavy (non-hydrogen) atoms. The van der Waals surface area contributed by atoms with Crippen molar-refractivity contribution in [2.45, 2.75) is 5.92 Å². The minimum Gasteiger partial charge on any atom is -0.481 e. The molecule has 0 spiro atoms. The molecule has 2 unspecified atom stereocenters. The number of halogens is 1. The predicted octanol–water partition coefficient (Wildman–Crippen LogP) is 1.90. The van der Waals surface area contributed by atoms with Crippen LogP contribution in [0.2, 0.25) is 0 Å². The molecule has 2 atom stereocenters. The van der Waals surface area contributed by atoms with Crippen molar-refractivity contribution in [3.05, 3.63) is 20.8 Å². The molecule has 0 saturated carbocycles. The van der Waals surface area contributed by atoms with Gasteiger partial charge in [0.15, 0.2) is 0 Å². The van der Waals surface area contributed by atoms with Gasteiger partial charge in [-0.2, -0.15) is 0 Å². The fourth-order valence-electron chi connectivity index (χ4n) is 1.83. The van der Waals surface area contributed by atoms with Crippen molar-refractivity contribution in [1.82, 2.24) is 5.32 Å². The van der Waals surface area contributed by atoms with Gasteiger partial charge in [-0.25, -0.2) is 0 Å². The first-order chi connectivity index (χ1) is 6.70. The summed E-state index contributed by atoms with van der Waals surface area (Å²) in [5.74, 6) is -0.896. The zero-order valence-corrected chi connectivity index (χ0v) is 9.77. The first kappa shape index (κ1) is 10.1. The van der Waals surface area contributed by atoms with Crippen LogP contribution < -0.4 is 5.32 Å². The SMILES string of the molecule is O=C(O)C1CNCC1c1ccsc1Br. The summed E-state index contributed by atoms with van der Waals surface area (Å²) in [6, 6.07) is 2.00. The lowest BCUT2D eigenvalue weighted by atomic mass is 9.91. The standard InChI is InChI=1S/C9H10BrNO2S/c10-8-5(1-2-14-8)6-3-11-4-7(6)9(12)13/h1-2,6-7,11H,3-4H2,(H,12,13). The first-order valence-corrected chi connectivity index (χ1v) is 6.04. The van der Waals surface area contributed by atoms with Crippen molar-refractivity contribution >= 4 is 33.2 Å². The Morgan fingerprint density at radius 1 is 1.64 bits per heavy atom. The fraction of sp³-hybridized carbons (Fsp3) is 0.444. The second kappa shape index (κ2) is 4.00. The summed E-state index contributed by atoms with van der Waals surface area (Å²) in [5, 5.41) is 14.1. The highest BCUT2D eigenvalue weighted by atomic mass is 79.9. The van der Waals surface area contributed by atoms with E-state index in [2.05, 4.69) is 21.2 Å². The lowest BCUT2D eigenvalue weighted by Gasteiger charge is -2.13. The molecule has 2 heterocycles. The van der Waals surface area contributed by atoms with E-state index < -0.39 is 5.97 Å². The number of carboxylic acid groups (broad SMARTS) is 1. The van der Waals surface area contributed by atoms with E-state index in [1.54, 1.807) is 11.3 Å². The topological polar surface area (TPSA) is 49.3 Å². The lowest BCUT2D eigenvalue weighted by molar-refractivity contribution is -0.141. The van der Waals surface area contributed by atoms with E-state index in [1.165, 1.54) is 0 Å². The van der Waals surface area contributed by atoms with Gasteiger partial charge in [0.05, 0.1) is 9.70 Å². The van der Waals surface area contributed by atoms with Crippen LogP contribution in [-0.4, -0.2) is 24.2 Å². The third-order valence-electron chi connectivity index (χ3n) is 2.58. The molecule has 5 heteroatoms. The number of carbonyl (C=O) groups is 1. The molecule has 2 N–H and O–H groups in total. The third kappa shape index (κ3) is 1.71. The van der Waals surface area contributed by atoms with Crippen molar-refractivity contribution in [1.29, 1.82) is 0 Å². The number of carboxylic acids is 1. The Morgan fingerprint density at radius 2 is 2.43 bits per heavy atom. The largest absolute Gasteiger partial charge is 0.481 e. The fourth-order valence-corrected chi connectivity index (χ4v) is 3.27. The summed E-state index contributed by atoms with van der Waals surface area (Å²) >= 11 is 5.05. The Balaban J connectivity index is 2.26. The molecule has 3 nitrogen and oxygen atoms in total. The molecule has 1 aromatic rings. The smallest absolute Gasteiger partial charge is 0.308 e. The summed E-state index contributed by atoms with van der Waals surface area (Å²) in [7, 11) is 0. The van der Waals surface area contributed by atoms with Crippen molar-refractivity contribution in [2.75, 3.05) is 13.1 Å².